The number of aliphatic hydroxyl groups excluding tert-OH is 1. The fraction of sp³-hybridized carbons (Fsp3) is 0.587. The number of esters is 2. The van der Waals surface area contributed by atoms with Crippen molar-refractivity contribution in [2.75, 3.05) is 32.1 Å². The van der Waals surface area contributed by atoms with Gasteiger partial charge in [-0.15, -0.1) is 11.8 Å². The normalized spacial score (nSPS) is 15.6. The lowest BCUT2D eigenvalue weighted by molar-refractivity contribution is -0.161. The van der Waals surface area contributed by atoms with Gasteiger partial charge in [-0.3, -0.25) is 23.4 Å². The van der Waals surface area contributed by atoms with Gasteiger partial charge in [0.2, 0.25) is 0 Å². The average Bonchev–Trinajstić information content (AvgIpc) is 3.23. The van der Waals surface area contributed by atoms with E-state index in [0.717, 1.165) is 51.4 Å². The van der Waals surface area contributed by atoms with Gasteiger partial charge in [-0.25, -0.2) is 4.57 Å². The zero-order valence-corrected chi connectivity index (χ0v) is 38.2. The number of carbonyl (C=O) groups excluding carboxylic acids is 2. The summed E-state index contributed by atoms with van der Waals surface area (Å²) in [5.41, 5.74) is 11.5. The minimum atomic E-state index is -4.55. The van der Waals surface area contributed by atoms with Crippen LogP contribution in [-0.4, -0.2) is 88.6 Å². The van der Waals surface area contributed by atoms with Crippen LogP contribution in [0.2, 0.25) is 0 Å². The molecule has 5 atom stereocenters. The van der Waals surface area contributed by atoms with Crippen molar-refractivity contribution >= 4 is 37.5 Å². The lowest BCUT2D eigenvalue weighted by atomic mass is 10.1. The Morgan fingerprint density at radius 2 is 1.34 bits per heavy atom. The Balaban J connectivity index is 5.21. The van der Waals surface area contributed by atoms with Crippen molar-refractivity contribution in [2.24, 2.45) is 11.5 Å². The zero-order valence-electron chi connectivity index (χ0n) is 36.5. The third-order valence-electron chi connectivity index (χ3n) is 8.45. The van der Waals surface area contributed by atoms with Crippen LogP contribution in [0.4, 0.5) is 0 Å². The highest BCUT2D eigenvalue weighted by Gasteiger charge is 2.28. The summed E-state index contributed by atoms with van der Waals surface area (Å²) in [6, 6.07) is -1.20. The molecule has 0 spiro atoms. The van der Waals surface area contributed by atoms with Crippen molar-refractivity contribution in [1.82, 2.24) is 0 Å². The molecule has 0 fully saturated rings. The van der Waals surface area contributed by atoms with E-state index in [9.17, 15) is 28.9 Å². The van der Waals surface area contributed by atoms with Crippen LogP contribution in [0.15, 0.2) is 97.2 Å². The molecule has 1 unspecified atom stereocenters. The molecule has 13 nitrogen and oxygen atoms in total. The van der Waals surface area contributed by atoms with Gasteiger partial charge in [0.1, 0.15) is 12.6 Å². The van der Waals surface area contributed by atoms with Gasteiger partial charge in [-0.2, -0.15) is 0 Å². The Morgan fingerprint density at radius 1 is 0.738 bits per heavy atom. The third kappa shape index (κ3) is 38.1. The van der Waals surface area contributed by atoms with Crippen molar-refractivity contribution in [1.29, 1.82) is 0 Å². The van der Waals surface area contributed by atoms with Crippen LogP contribution in [0.25, 0.3) is 0 Å². The SMILES string of the molecule is CC/C=C\C/C=C\C/C=C\C/C=C\CCCCC(=O)OC[C@H](COP(=O)(O)OCCN)OC(=O)[C@@H](N)CS[C@H](/C=C/C=C/C=C\C/C=C\CCCCC)[C@@H](O)CCCC(=O)O. The molecule has 0 radical (unpaired) electrons. The maximum atomic E-state index is 13.1. The summed E-state index contributed by atoms with van der Waals surface area (Å²) in [6.07, 6.45) is 42.1. The van der Waals surface area contributed by atoms with Gasteiger partial charge in [-0.05, 0) is 77.0 Å². The lowest BCUT2D eigenvalue weighted by Gasteiger charge is -2.23. The number of carboxylic acid groups (broad SMARTS) is 1. The molecule has 7 N–H and O–H groups in total. The number of carboxylic acids is 1. The monoisotopic (exact) mass is 894 g/mol. The van der Waals surface area contributed by atoms with Crippen LogP contribution in [0.1, 0.15) is 117 Å². The number of hydrogen-bond donors (Lipinski definition) is 5. The standard InChI is InChI=1S/C46H75N2O11PS/c1-3-5-7-9-11-13-15-17-18-19-21-23-25-27-29-34-45(52)56-37-40(38-58-60(54,55)57-36-35-47)59-46(53)41(48)39-61-43(42(49)31-30-33-44(50)51)32-28-26-24-22-20-16-14-12-10-8-6-4-2/h5,7,11-14,17-18,20-24,26,28,32,40-43,49H,3-4,6,8-10,15-16,19,25,27,29-31,33-39,47-48H2,1-2H3,(H,50,51)(H,54,55)/b7-5-,13-11-,14-12-,18-17-,22-20-,23-21-,26-24+,32-28+/t40-,41+,42+,43-/m1/s1. The van der Waals surface area contributed by atoms with Crippen molar-refractivity contribution < 1.29 is 52.6 Å². The highest BCUT2D eigenvalue weighted by Crippen LogP contribution is 2.43. The molecule has 0 aliphatic rings. The summed E-state index contributed by atoms with van der Waals surface area (Å²) < 4.78 is 32.8. The maximum absolute atomic E-state index is 13.1. The second-order valence-electron chi connectivity index (χ2n) is 14.0. The van der Waals surface area contributed by atoms with Crippen LogP contribution >= 0.6 is 19.6 Å². The molecule has 0 saturated carbocycles. The van der Waals surface area contributed by atoms with Gasteiger partial charge >= 0.3 is 25.7 Å². The molecular formula is C46H75N2O11PS. The number of aliphatic hydroxyl groups is 1. The summed E-state index contributed by atoms with van der Waals surface area (Å²) in [5.74, 6) is -2.39. The van der Waals surface area contributed by atoms with E-state index in [-0.39, 0.29) is 44.6 Å². The molecule has 61 heavy (non-hydrogen) atoms. The van der Waals surface area contributed by atoms with Crippen LogP contribution in [0, 0.1) is 0 Å². The third-order valence-corrected chi connectivity index (χ3v) is 10.8. The summed E-state index contributed by atoms with van der Waals surface area (Å²) in [7, 11) is -4.55. The summed E-state index contributed by atoms with van der Waals surface area (Å²) in [5, 5.41) is 19.4. The van der Waals surface area contributed by atoms with Crippen LogP contribution in [0.3, 0.4) is 0 Å². The first-order chi connectivity index (χ1) is 29.4. The second kappa shape index (κ2) is 40.7. The number of aliphatic carboxylic acids is 1. The Kier molecular flexibility index (Phi) is 38.5. The minimum Gasteiger partial charge on any atom is -0.481 e. The van der Waals surface area contributed by atoms with Gasteiger partial charge in [0, 0.05) is 30.4 Å². The molecule has 0 aromatic rings. The first-order valence-corrected chi connectivity index (χ1v) is 24.2. The molecule has 0 aliphatic heterocycles. The van der Waals surface area contributed by atoms with E-state index in [1.165, 1.54) is 31.0 Å². The lowest BCUT2D eigenvalue weighted by Crippen LogP contribution is -2.40. The number of phosphoric acid groups is 1. The number of thioether (sulfide) groups is 1. The Bertz CT molecular complexity index is 1440. The predicted octanol–water partition coefficient (Wildman–Crippen LogP) is 9.14. The number of allylic oxidation sites excluding steroid dienone is 15. The van der Waals surface area contributed by atoms with Crippen LogP contribution < -0.4 is 11.5 Å². The smallest absolute Gasteiger partial charge is 0.472 e. The Hall–Kier alpha value is -3.33. The van der Waals surface area contributed by atoms with Gasteiger partial charge in [-0.1, -0.05) is 124 Å². The van der Waals surface area contributed by atoms with E-state index in [2.05, 4.69) is 74.6 Å². The number of hydrogen-bond acceptors (Lipinski definition) is 12. The van der Waals surface area contributed by atoms with Gasteiger partial charge in [0.05, 0.1) is 19.3 Å². The molecule has 0 bridgehead atoms. The summed E-state index contributed by atoms with van der Waals surface area (Å²) in [6.45, 7) is 2.92. The number of carbonyl (C=O) groups is 3. The minimum absolute atomic E-state index is 0.00276. The molecule has 0 amide bonds. The van der Waals surface area contributed by atoms with Crippen molar-refractivity contribution in [3.63, 3.8) is 0 Å². The predicted molar refractivity (Wildman–Crippen MR) is 248 cm³/mol. The number of ether oxygens (including phenoxy) is 2. The van der Waals surface area contributed by atoms with E-state index >= 15 is 0 Å². The van der Waals surface area contributed by atoms with Crippen LogP contribution in [-0.2, 0) is 37.5 Å². The molecule has 0 rings (SSSR count). The second-order valence-corrected chi connectivity index (χ2v) is 16.7. The maximum Gasteiger partial charge on any atom is 0.472 e. The summed E-state index contributed by atoms with van der Waals surface area (Å²) >= 11 is 1.19. The van der Waals surface area contributed by atoms with E-state index in [0.29, 0.717) is 6.42 Å². The summed E-state index contributed by atoms with van der Waals surface area (Å²) in [4.78, 5) is 46.7. The number of rotatable bonds is 39. The van der Waals surface area contributed by atoms with Gasteiger partial charge < -0.3 is 36.0 Å². The van der Waals surface area contributed by atoms with Crippen molar-refractivity contribution in [2.45, 2.75) is 140 Å². The highest BCUT2D eigenvalue weighted by molar-refractivity contribution is 8.00. The first kappa shape index (κ1) is 57.7. The Morgan fingerprint density at radius 3 is 1.97 bits per heavy atom. The highest BCUT2D eigenvalue weighted by atomic mass is 32.2. The molecule has 346 valence electrons. The molecule has 15 heteroatoms. The van der Waals surface area contributed by atoms with E-state index in [1.54, 1.807) is 12.2 Å². The van der Waals surface area contributed by atoms with Gasteiger partial charge in [0.25, 0.3) is 0 Å². The average molecular weight is 895 g/mol. The number of nitrogens with two attached hydrogens (primary N) is 2. The molecule has 0 aromatic carbocycles. The molecule has 0 aliphatic carbocycles. The van der Waals surface area contributed by atoms with Crippen molar-refractivity contribution in [3.8, 4) is 0 Å². The fourth-order valence-electron chi connectivity index (χ4n) is 5.11. The number of phosphoric ester groups is 1. The van der Waals surface area contributed by atoms with E-state index < -0.39 is 62.4 Å². The van der Waals surface area contributed by atoms with E-state index in [4.69, 9.17) is 35.1 Å². The quantitative estimate of drug-likeness (QED) is 0.0128. The van der Waals surface area contributed by atoms with Crippen molar-refractivity contribution in [3.05, 3.63) is 97.2 Å². The number of unbranched alkanes of at least 4 members (excludes halogenated alkanes) is 5. The molecule has 0 heterocycles. The van der Waals surface area contributed by atoms with E-state index in [1.807, 2.05) is 24.3 Å². The van der Waals surface area contributed by atoms with Gasteiger partial charge in [0.15, 0.2) is 6.10 Å². The fourth-order valence-corrected chi connectivity index (χ4v) is 7.00. The first-order valence-electron chi connectivity index (χ1n) is 21.7. The molecular weight excluding hydrogens is 820 g/mol. The molecule has 0 aromatic heterocycles. The molecule has 0 saturated heterocycles. The largest absolute Gasteiger partial charge is 0.481 e. The Labute approximate surface area is 369 Å². The van der Waals surface area contributed by atoms with Crippen LogP contribution in [0.5, 0.6) is 0 Å². The topological polar surface area (TPSA) is 218 Å². The zero-order chi connectivity index (χ0) is 45.2.